The number of carbonyl (C=O) groups is 2. The third kappa shape index (κ3) is 3.40. The Balaban J connectivity index is 1.66. The molecule has 0 aromatic carbocycles. The summed E-state index contributed by atoms with van der Waals surface area (Å²) in [6, 6.07) is -0.644. The number of nitrogens with zero attached hydrogens (tertiary/aromatic N) is 3. The molecule has 0 saturated heterocycles. The van der Waals surface area contributed by atoms with Crippen molar-refractivity contribution in [3.8, 4) is 10.7 Å². The Bertz CT molecular complexity index is 801. The zero-order chi connectivity index (χ0) is 17.1. The molecule has 0 aliphatic carbocycles. The van der Waals surface area contributed by atoms with Crippen molar-refractivity contribution in [2.75, 3.05) is 0 Å². The molecule has 1 aliphatic rings. The smallest absolute Gasteiger partial charge is 0.319 e. The normalized spacial score (nSPS) is 17.2. The van der Waals surface area contributed by atoms with Gasteiger partial charge >= 0.3 is 6.03 Å². The number of carbonyl (C=O) groups excluding carboxylic acids is 2. The van der Waals surface area contributed by atoms with Gasteiger partial charge in [0, 0.05) is 23.5 Å². The van der Waals surface area contributed by atoms with Crippen molar-refractivity contribution >= 4 is 23.3 Å². The van der Waals surface area contributed by atoms with Gasteiger partial charge in [-0.25, -0.2) is 9.78 Å². The molecule has 0 spiro atoms. The van der Waals surface area contributed by atoms with Gasteiger partial charge in [0.25, 0.3) is 5.91 Å². The van der Waals surface area contributed by atoms with E-state index in [1.165, 1.54) is 11.3 Å². The fraction of sp³-hybridized carbons (Fsp3) is 0.267. The third-order valence-electron chi connectivity index (χ3n) is 3.49. The summed E-state index contributed by atoms with van der Waals surface area (Å²) in [6.45, 7) is 3.78. The molecule has 0 saturated carbocycles. The lowest BCUT2D eigenvalue weighted by Gasteiger charge is -2.25. The van der Waals surface area contributed by atoms with Crippen LogP contribution in [0.15, 0.2) is 35.2 Å². The summed E-state index contributed by atoms with van der Waals surface area (Å²) in [4.78, 5) is 36.4. The molecule has 1 atom stereocenters. The highest BCUT2D eigenvalue weighted by molar-refractivity contribution is 7.13. The summed E-state index contributed by atoms with van der Waals surface area (Å²) in [6.07, 6.45) is 4.86. The lowest BCUT2D eigenvalue weighted by Crippen LogP contribution is -2.50. The molecular weight excluding hydrogens is 328 g/mol. The minimum atomic E-state index is -0.343. The van der Waals surface area contributed by atoms with Crippen LogP contribution in [0.1, 0.15) is 19.5 Å². The molecule has 3 N–H and O–H groups in total. The van der Waals surface area contributed by atoms with Gasteiger partial charge in [0.15, 0.2) is 0 Å². The van der Waals surface area contributed by atoms with Crippen molar-refractivity contribution in [3.05, 3.63) is 40.9 Å². The largest absolute Gasteiger partial charge is 0.347 e. The Hall–Kier alpha value is -2.81. The maximum absolute atomic E-state index is 12.4. The van der Waals surface area contributed by atoms with Crippen LogP contribution in [0, 0.1) is 0 Å². The molecule has 1 aliphatic heterocycles. The van der Waals surface area contributed by atoms with Crippen LogP contribution in [-0.2, 0) is 11.3 Å². The fourth-order valence-electron chi connectivity index (χ4n) is 2.42. The number of amides is 3. The van der Waals surface area contributed by atoms with Crippen LogP contribution in [0.4, 0.5) is 4.79 Å². The van der Waals surface area contributed by atoms with Gasteiger partial charge in [-0.3, -0.25) is 14.8 Å². The number of allylic oxidation sites excluding steroid dienone is 1. The number of nitrogens with one attached hydrogen (secondary N) is 3. The van der Waals surface area contributed by atoms with Crippen LogP contribution >= 0.6 is 11.3 Å². The van der Waals surface area contributed by atoms with Crippen molar-refractivity contribution in [2.45, 2.75) is 26.4 Å². The number of urea groups is 1. The molecule has 0 bridgehead atoms. The summed E-state index contributed by atoms with van der Waals surface area (Å²) >= 11 is 1.45. The lowest BCUT2D eigenvalue weighted by atomic mass is 10.0. The van der Waals surface area contributed by atoms with E-state index in [1.807, 2.05) is 5.38 Å². The van der Waals surface area contributed by atoms with E-state index in [1.54, 1.807) is 32.4 Å². The first-order valence-corrected chi connectivity index (χ1v) is 8.20. The average Bonchev–Trinajstić information content (AvgIpc) is 3.02. The zero-order valence-electron chi connectivity index (χ0n) is 13.2. The first kappa shape index (κ1) is 16.1. The lowest BCUT2D eigenvalue weighted by molar-refractivity contribution is -0.118. The zero-order valence-corrected chi connectivity index (χ0v) is 14.0. The Labute approximate surface area is 142 Å². The summed E-state index contributed by atoms with van der Waals surface area (Å²) in [5.41, 5.74) is 2.51. The van der Waals surface area contributed by atoms with Gasteiger partial charge in [-0.2, -0.15) is 0 Å². The molecule has 124 valence electrons. The van der Waals surface area contributed by atoms with Crippen molar-refractivity contribution in [2.24, 2.45) is 0 Å². The van der Waals surface area contributed by atoms with Gasteiger partial charge in [-0.15, -0.1) is 11.3 Å². The molecule has 0 radical (unpaired) electrons. The number of aromatic nitrogens is 3. The second kappa shape index (κ2) is 6.75. The van der Waals surface area contributed by atoms with E-state index >= 15 is 0 Å². The van der Waals surface area contributed by atoms with Crippen LogP contribution < -0.4 is 16.0 Å². The summed E-state index contributed by atoms with van der Waals surface area (Å²) in [5.74, 6) is -0.235. The van der Waals surface area contributed by atoms with Gasteiger partial charge in [-0.05, 0) is 13.8 Å². The maximum atomic E-state index is 12.4. The quantitative estimate of drug-likeness (QED) is 0.772. The Morgan fingerprint density at radius 3 is 2.96 bits per heavy atom. The van der Waals surface area contributed by atoms with Crippen molar-refractivity contribution < 1.29 is 9.59 Å². The Morgan fingerprint density at radius 1 is 1.42 bits per heavy atom. The number of rotatable bonds is 4. The summed E-state index contributed by atoms with van der Waals surface area (Å²) in [7, 11) is 0. The average molecular weight is 344 g/mol. The van der Waals surface area contributed by atoms with Crippen molar-refractivity contribution in [1.29, 1.82) is 0 Å². The highest BCUT2D eigenvalue weighted by Gasteiger charge is 2.26. The minimum Gasteiger partial charge on any atom is -0.347 e. The topological polar surface area (TPSA) is 109 Å². The van der Waals surface area contributed by atoms with Gasteiger partial charge in [0.05, 0.1) is 30.1 Å². The molecule has 0 unspecified atom stereocenters. The maximum Gasteiger partial charge on any atom is 0.319 e. The van der Waals surface area contributed by atoms with Gasteiger partial charge < -0.3 is 16.0 Å². The second-order valence-electron chi connectivity index (χ2n) is 5.28. The van der Waals surface area contributed by atoms with E-state index in [0.29, 0.717) is 23.5 Å². The molecule has 9 heteroatoms. The number of hydrogen-bond donors (Lipinski definition) is 3. The number of thiazole rings is 1. The van der Waals surface area contributed by atoms with Gasteiger partial charge in [-0.1, -0.05) is 0 Å². The van der Waals surface area contributed by atoms with Crippen LogP contribution in [0.2, 0.25) is 0 Å². The van der Waals surface area contributed by atoms with Gasteiger partial charge in [0.2, 0.25) is 0 Å². The predicted octanol–water partition coefficient (Wildman–Crippen LogP) is 1.19. The van der Waals surface area contributed by atoms with Crippen molar-refractivity contribution in [1.82, 2.24) is 30.9 Å². The second-order valence-corrected chi connectivity index (χ2v) is 6.13. The monoisotopic (exact) mass is 344 g/mol. The molecule has 3 heterocycles. The minimum absolute atomic E-state index is 0.235. The van der Waals surface area contributed by atoms with Crippen LogP contribution in [0.25, 0.3) is 10.7 Å². The molecule has 8 nitrogen and oxygen atoms in total. The van der Waals surface area contributed by atoms with E-state index in [2.05, 4.69) is 30.9 Å². The molecule has 2 aromatic heterocycles. The summed E-state index contributed by atoms with van der Waals surface area (Å²) in [5, 5.41) is 10.7. The molecule has 0 fully saturated rings. The molecule has 2 aromatic rings. The Morgan fingerprint density at radius 2 is 2.25 bits per heavy atom. The standard InChI is InChI=1S/C15H16N6O2S/c1-8-12(9(2)20-15(23)19-8)13(22)18-5-10-7-24-14(21-10)11-6-16-3-4-17-11/h3-4,6-8H,5H2,1-2H3,(H,18,22)(H2,19,20,23)/t8-/m0/s1. The fourth-order valence-corrected chi connectivity index (χ4v) is 3.20. The highest BCUT2D eigenvalue weighted by atomic mass is 32.1. The first-order valence-electron chi connectivity index (χ1n) is 7.32. The molecule has 3 amide bonds. The van der Waals surface area contributed by atoms with Crippen LogP contribution in [0.3, 0.4) is 0 Å². The van der Waals surface area contributed by atoms with E-state index < -0.39 is 0 Å². The first-order chi connectivity index (χ1) is 11.5. The van der Waals surface area contributed by atoms with E-state index in [9.17, 15) is 9.59 Å². The van der Waals surface area contributed by atoms with Crippen molar-refractivity contribution in [3.63, 3.8) is 0 Å². The van der Waals surface area contributed by atoms with E-state index in [0.717, 1.165) is 10.7 Å². The van der Waals surface area contributed by atoms with Gasteiger partial charge in [0.1, 0.15) is 10.7 Å². The summed E-state index contributed by atoms with van der Waals surface area (Å²) < 4.78 is 0. The molecular formula is C15H16N6O2S. The van der Waals surface area contributed by atoms with Crippen LogP contribution in [0.5, 0.6) is 0 Å². The molecule has 24 heavy (non-hydrogen) atoms. The van der Waals surface area contributed by atoms with E-state index in [-0.39, 0.29) is 18.0 Å². The number of hydrogen-bond acceptors (Lipinski definition) is 6. The molecule has 3 rings (SSSR count). The SMILES string of the molecule is CC1=C(C(=O)NCc2csc(-c3cnccn3)n2)[C@H](C)NC(=O)N1. The Kier molecular flexibility index (Phi) is 4.52. The van der Waals surface area contributed by atoms with E-state index in [4.69, 9.17) is 0 Å². The highest BCUT2D eigenvalue weighted by Crippen LogP contribution is 2.20. The van der Waals surface area contributed by atoms with Crippen LogP contribution in [-0.4, -0.2) is 32.9 Å². The third-order valence-corrected chi connectivity index (χ3v) is 4.41. The predicted molar refractivity (Wildman–Crippen MR) is 88.8 cm³/mol.